The molecule has 21 nitrogen and oxygen atoms in total. The van der Waals surface area contributed by atoms with Crippen LogP contribution in [-0.2, 0) is 45.8 Å². The number of aliphatic hydroxyl groups excluding tert-OH is 12. The number of aliphatic hydroxyl groups is 12. The molecule has 0 amide bonds. The molecule has 0 saturated carbocycles. The number of hydrogen-bond acceptors (Lipinski definition) is 21. The molecule has 0 rings (SSSR count). The molecule has 0 saturated heterocycles. The van der Waals surface area contributed by atoms with E-state index < -0.39 is 91.2 Å². The fraction of sp³-hybridized carbons (Fsp3) is 0.667. The van der Waals surface area contributed by atoms with E-state index in [-0.39, 0.29) is 35.9 Å². The van der Waals surface area contributed by atoms with Crippen LogP contribution in [0.3, 0.4) is 0 Å². The van der Waals surface area contributed by atoms with Crippen molar-refractivity contribution in [2.45, 2.75) is 73.2 Å². The van der Waals surface area contributed by atoms with E-state index in [9.17, 15) is 44.1 Å². The van der Waals surface area contributed by atoms with Crippen LogP contribution in [0.15, 0.2) is 0 Å². The van der Waals surface area contributed by atoms with E-state index >= 15 is 0 Å². The van der Waals surface area contributed by atoms with Crippen molar-refractivity contribution in [2.75, 3.05) is 0 Å². The van der Waals surface area contributed by atoms with Crippen molar-refractivity contribution in [2.24, 2.45) is 0 Å². The van der Waals surface area contributed by atoms with Gasteiger partial charge in [0.05, 0.1) is 17.9 Å². The van der Waals surface area contributed by atoms with Crippen molar-refractivity contribution in [3.8, 4) is 0 Å². The molecule has 1 radical (unpaired) electrons. The monoisotopic (exact) mass is 635 g/mol. The van der Waals surface area contributed by atoms with Gasteiger partial charge in [-0.2, -0.15) is 0 Å². The fourth-order valence-electron chi connectivity index (χ4n) is 1.83. The summed E-state index contributed by atoms with van der Waals surface area (Å²) in [5.74, 6) is -6.03. The zero-order valence-corrected chi connectivity index (χ0v) is 20.7. The Morgan fingerprint density at radius 2 is 0.550 bits per heavy atom. The van der Waals surface area contributed by atoms with Crippen molar-refractivity contribution < 1.29 is 122 Å². The third kappa shape index (κ3) is 15.9. The average molecular weight is 635 g/mol. The second-order valence-corrected chi connectivity index (χ2v) is 7.12. The summed E-state index contributed by atoms with van der Waals surface area (Å²) in [6.45, 7) is 0. The summed E-state index contributed by atoms with van der Waals surface area (Å²) in [7, 11) is 0. The van der Waals surface area contributed by atoms with E-state index in [2.05, 4.69) is 0 Å². The zero-order valence-electron chi connectivity index (χ0n) is 19.6. The van der Waals surface area contributed by atoms with Crippen LogP contribution in [-0.4, -0.2) is 171 Å². The predicted molar refractivity (Wildman–Crippen MR) is 105 cm³/mol. The molecule has 0 unspecified atom stereocenters. The first kappa shape index (κ1) is 44.5. The minimum atomic E-state index is -2.36. The van der Waals surface area contributed by atoms with Gasteiger partial charge in [0.15, 0.2) is 18.9 Å². The van der Waals surface area contributed by atoms with Crippen LogP contribution in [0.1, 0.15) is 0 Å². The summed E-state index contributed by atoms with van der Waals surface area (Å²) < 4.78 is 0. The SMILES string of the molecule is O=C[C@H](O)[C@@H](O)[C@H](O)[C@H](O)C(=O)[O-].O=C[C@H](O)[C@@H](O)[C@H](O)[C@H](O)C(=O)[O-].O=C[C@H](O)[C@@H](O)[C@H](O)[C@H](O)C(=O)[O-].[Fe+3]. The Morgan fingerprint density at radius 1 is 0.400 bits per heavy atom. The Labute approximate surface area is 232 Å². The molecule has 0 aromatic carbocycles. The van der Waals surface area contributed by atoms with Crippen LogP contribution in [0.4, 0.5) is 0 Å². The molecule has 0 aliphatic heterocycles. The minimum Gasteiger partial charge on any atom is -0.547 e. The van der Waals surface area contributed by atoms with Crippen molar-refractivity contribution in [3.63, 3.8) is 0 Å². The number of aliphatic carboxylic acids is 3. The van der Waals surface area contributed by atoms with Gasteiger partial charge >= 0.3 is 17.1 Å². The number of carbonyl (C=O) groups is 6. The molecule has 0 aromatic heterocycles. The summed E-state index contributed by atoms with van der Waals surface area (Å²) in [5.41, 5.74) is 0. The Kier molecular flexibility index (Phi) is 24.7. The molecule has 0 aliphatic rings. The summed E-state index contributed by atoms with van der Waals surface area (Å²) in [5, 5.41) is 134. The first-order chi connectivity index (χ1) is 17.7. The largest absolute Gasteiger partial charge is 3.00 e. The standard InChI is InChI=1S/3C6H10O7.Fe/c3*7-1-2(8)3(9)4(10)5(11)6(12)13;/h3*1-5,8-11H,(H,12,13);/q;;;+3/p-3/t3*2-,3+,4-,5-;/m000./s1. The molecule has 12 N–H and O–H groups in total. The average Bonchev–Trinajstić information content (AvgIpc) is 2.92. The molecule has 12 atom stereocenters. The third-order valence-corrected chi connectivity index (χ3v) is 4.21. The first-order valence-electron chi connectivity index (χ1n) is 9.90. The van der Waals surface area contributed by atoms with Crippen molar-refractivity contribution in [1.29, 1.82) is 0 Å². The molecule has 0 bridgehead atoms. The van der Waals surface area contributed by atoms with E-state index in [4.69, 9.17) is 61.3 Å². The minimum absolute atomic E-state index is 0. The van der Waals surface area contributed by atoms with Crippen LogP contribution >= 0.6 is 0 Å². The van der Waals surface area contributed by atoms with Gasteiger partial charge in [-0.25, -0.2) is 0 Å². The summed E-state index contributed by atoms with van der Waals surface area (Å²) >= 11 is 0. The van der Waals surface area contributed by atoms with Gasteiger partial charge in [-0.05, 0) is 0 Å². The van der Waals surface area contributed by atoms with Crippen molar-refractivity contribution >= 4 is 36.8 Å². The topological polar surface area (TPSA) is 414 Å². The zero-order chi connectivity index (χ0) is 31.8. The van der Waals surface area contributed by atoms with Crippen LogP contribution in [0.2, 0.25) is 0 Å². The molecule has 0 heterocycles. The van der Waals surface area contributed by atoms with Gasteiger partial charge in [0.1, 0.15) is 73.2 Å². The fourth-order valence-corrected chi connectivity index (χ4v) is 1.83. The maximum atomic E-state index is 9.95. The second-order valence-electron chi connectivity index (χ2n) is 7.12. The van der Waals surface area contributed by atoms with Crippen LogP contribution in [0.5, 0.6) is 0 Å². The quantitative estimate of drug-likeness (QED) is 0.0587. The Balaban J connectivity index is -0.000000240. The van der Waals surface area contributed by atoms with Gasteiger partial charge < -0.3 is 105 Å². The van der Waals surface area contributed by atoms with E-state index in [0.29, 0.717) is 0 Å². The Morgan fingerprint density at radius 3 is 0.650 bits per heavy atom. The maximum absolute atomic E-state index is 9.95. The van der Waals surface area contributed by atoms with Gasteiger partial charge in [0.25, 0.3) is 0 Å². The van der Waals surface area contributed by atoms with Gasteiger partial charge in [-0.3, -0.25) is 0 Å². The smallest absolute Gasteiger partial charge is 0.547 e. The summed E-state index contributed by atoms with van der Waals surface area (Å²) in [6.07, 6.45) is -26.0. The van der Waals surface area contributed by atoms with Gasteiger partial charge in [0.2, 0.25) is 0 Å². The Hall–Kier alpha value is -2.54. The van der Waals surface area contributed by atoms with Gasteiger partial charge in [-0.1, -0.05) is 0 Å². The van der Waals surface area contributed by atoms with Crippen molar-refractivity contribution in [3.05, 3.63) is 0 Å². The molecule has 22 heteroatoms. The third-order valence-electron chi connectivity index (χ3n) is 4.21. The normalized spacial score (nSPS) is 19.5. The number of carboxylic acids is 3. The molecule has 0 spiro atoms. The molecule has 0 aliphatic carbocycles. The van der Waals surface area contributed by atoms with Gasteiger partial charge in [0, 0.05) is 0 Å². The molecule has 40 heavy (non-hydrogen) atoms. The summed E-state index contributed by atoms with van der Waals surface area (Å²) in [6, 6.07) is 0. The van der Waals surface area contributed by atoms with Crippen LogP contribution in [0.25, 0.3) is 0 Å². The van der Waals surface area contributed by atoms with E-state index in [1.165, 1.54) is 0 Å². The number of hydrogen-bond donors (Lipinski definition) is 12. The molecule has 0 fully saturated rings. The number of carbonyl (C=O) groups excluding carboxylic acids is 6. The van der Waals surface area contributed by atoms with Gasteiger partial charge in [-0.15, -0.1) is 0 Å². The van der Waals surface area contributed by atoms with E-state index in [1.54, 1.807) is 0 Å². The molecular weight excluding hydrogens is 608 g/mol. The Bertz CT molecular complexity index is 681. The maximum Gasteiger partial charge on any atom is 3.00 e. The van der Waals surface area contributed by atoms with Crippen LogP contribution in [0, 0.1) is 0 Å². The molecule has 0 aromatic rings. The molecule has 233 valence electrons. The van der Waals surface area contributed by atoms with Crippen LogP contribution < -0.4 is 15.3 Å². The van der Waals surface area contributed by atoms with E-state index in [1.807, 2.05) is 0 Å². The first-order valence-corrected chi connectivity index (χ1v) is 9.90. The summed E-state index contributed by atoms with van der Waals surface area (Å²) in [4.78, 5) is 59.5. The number of carboxylic acid groups (broad SMARTS) is 3. The second kappa shape index (κ2) is 22.2. The van der Waals surface area contributed by atoms with Crippen molar-refractivity contribution in [1.82, 2.24) is 0 Å². The number of rotatable bonds is 15. The van der Waals surface area contributed by atoms with E-state index in [0.717, 1.165) is 0 Å². The molecular formula is C18H27FeO21. The number of aldehydes is 3. The predicted octanol–water partition coefficient (Wildman–Crippen LogP) is -13.9.